The number of methoxy groups -OCH3 is 2. The van der Waals surface area contributed by atoms with Crippen LogP contribution in [-0.4, -0.2) is 40.8 Å². The van der Waals surface area contributed by atoms with Crippen molar-refractivity contribution in [3.63, 3.8) is 0 Å². The molecule has 3 rings (SSSR count). The summed E-state index contributed by atoms with van der Waals surface area (Å²) in [4.78, 5) is 12.8. The molecule has 8 nitrogen and oxygen atoms in total. The molecular formula is C25H27N3O5S. The molecule has 1 amide bonds. The Kier molecular flexibility index (Phi) is 7.91. The highest BCUT2D eigenvalue weighted by Crippen LogP contribution is 2.28. The summed E-state index contributed by atoms with van der Waals surface area (Å²) in [5, 5.41) is 4.14. The first kappa shape index (κ1) is 24.8. The second kappa shape index (κ2) is 10.8. The number of sulfonamides is 1. The van der Waals surface area contributed by atoms with Gasteiger partial charge in [-0.1, -0.05) is 35.9 Å². The van der Waals surface area contributed by atoms with Gasteiger partial charge in [0.05, 0.1) is 30.5 Å². The Balaban J connectivity index is 1.83. The Bertz CT molecular complexity index is 1270. The van der Waals surface area contributed by atoms with Crippen LogP contribution in [0, 0.1) is 6.92 Å². The number of nitrogens with one attached hydrogen (secondary N) is 1. The van der Waals surface area contributed by atoms with Crippen LogP contribution >= 0.6 is 0 Å². The van der Waals surface area contributed by atoms with Gasteiger partial charge in [0, 0.05) is 5.56 Å². The lowest BCUT2D eigenvalue weighted by Crippen LogP contribution is -2.39. The Morgan fingerprint density at radius 2 is 1.59 bits per heavy atom. The maximum Gasteiger partial charge on any atom is 0.264 e. The Morgan fingerprint density at radius 3 is 2.21 bits per heavy atom. The van der Waals surface area contributed by atoms with Gasteiger partial charge in [0.15, 0.2) is 11.5 Å². The molecule has 0 spiro atoms. The molecule has 3 aromatic rings. The molecule has 9 heteroatoms. The first-order valence-electron chi connectivity index (χ1n) is 10.5. The maximum atomic E-state index is 13.4. The average Bonchev–Trinajstić information content (AvgIpc) is 2.86. The molecule has 0 radical (unpaired) electrons. The van der Waals surface area contributed by atoms with Crippen LogP contribution in [0.15, 0.2) is 82.8 Å². The lowest BCUT2D eigenvalue weighted by Gasteiger charge is -2.23. The number of hydrogen-bond donors (Lipinski definition) is 1. The van der Waals surface area contributed by atoms with Gasteiger partial charge in [-0.2, -0.15) is 5.10 Å². The maximum absolute atomic E-state index is 13.4. The first-order chi connectivity index (χ1) is 16.3. The van der Waals surface area contributed by atoms with Crippen molar-refractivity contribution in [2.75, 3.05) is 25.1 Å². The predicted octanol–water partition coefficient (Wildman–Crippen LogP) is 3.75. The topological polar surface area (TPSA) is 97.3 Å². The molecule has 0 bridgehead atoms. The summed E-state index contributed by atoms with van der Waals surface area (Å²) in [6.07, 6.45) is 0. The smallest absolute Gasteiger partial charge is 0.264 e. The third-order valence-electron chi connectivity index (χ3n) is 5.09. The van der Waals surface area contributed by atoms with E-state index in [4.69, 9.17) is 9.47 Å². The predicted molar refractivity (Wildman–Crippen MR) is 132 cm³/mol. The fraction of sp³-hybridized carbons (Fsp3) is 0.200. The molecule has 0 saturated carbocycles. The second-order valence-corrected chi connectivity index (χ2v) is 9.32. The lowest BCUT2D eigenvalue weighted by molar-refractivity contribution is -0.119. The van der Waals surface area contributed by atoms with Crippen LogP contribution in [0.2, 0.25) is 0 Å². The van der Waals surface area contributed by atoms with Crippen molar-refractivity contribution in [2.45, 2.75) is 18.7 Å². The summed E-state index contributed by atoms with van der Waals surface area (Å²) < 4.78 is 38.3. The van der Waals surface area contributed by atoms with E-state index in [1.54, 1.807) is 74.7 Å². The molecule has 3 aromatic carbocycles. The zero-order valence-corrected chi connectivity index (χ0v) is 20.3. The third kappa shape index (κ3) is 5.74. The van der Waals surface area contributed by atoms with Crippen LogP contribution in [0.5, 0.6) is 11.5 Å². The number of carbonyl (C=O) groups is 1. The van der Waals surface area contributed by atoms with Gasteiger partial charge < -0.3 is 9.47 Å². The average molecular weight is 482 g/mol. The van der Waals surface area contributed by atoms with Crippen molar-refractivity contribution in [3.8, 4) is 11.5 Å². The molecule has 0 aliphatic rings. The second-order valence-electron chi connectivity index (χ2n) is 7.46. The van der Waals surface area contributed by atoms with Gasteiger partial charge in [-0.15, -0.1) is 0 Å². The molecule has 0 heterocycles. The number of rotatable bonds is 9. The quantitative estimate of drug-likeness (QED) is 0.371. The summed E-state index contributed by atoms with van der Waals surface area (Å²) >= 11 is 0. The van der Waals surface area contributed by atoms with Gasteiger partial charge >= 0.3 is 0 Å². The van der Waals surface area contributed by atoms with Crippen molar-refractivity contribution in [2.24, 2.45) is 5.10 Å². The number of aryl methyl sites for hydroxylation is 1. The summed E-state index contributed by atoms with van der Waals surface area (Å²) in [6, 6.07) is 20.2. The van der Waals surface area contributed by atoms with Crippen LogP contribution in [0.25, 0.3) is 0 Å². The van der Waals surface area contributed by atoms with Gasteiger partial charge in [0.2, 0.25) is 0 Å². The van der Waals surface area contributed by atoms with E-state index in [1.807, 2.05) is 6.92 Å². The summed E-state index contributed by atoms with van der Waals surface area (Å²) in [5.41, 5.74) is 4.99. The van der Waals surface area contributed by atoms with Crippen molar-refractivity contribution in [1.29, 1.82) is 0 Å². The number of para-hydroxylation sites is 1. The standard InChI is InChI=1S/C25H27N3O5S/c1-18-10-13-22(14-11-18)34(30,31)28(21-8-6-5-7-9-21)17-25(29)27-26-19(2)20-12-15-23(32-3)24(16-20)33-4/h5-16H,17H2,1-4H3,(H,27,29)/b26-19-. The van der Waals surface area contributed by atoms with Gasteiger partial charge in [0.25, 0.3) is 15.9 Å². The first-order valence-corrected chi connectivity index (χ1v) is 11.9. The molecule has 0 aliphatic heterocycles. The third-order valence-corrected chi connectivity index (χ3v) is 6.88. The number of benzene rings is 3. The fourth-order valence-corrected chi connectivity index (χ4v) is 4.61. The van der Waals surface area contributed by atoms with E-state index >= 15 is 0 Å². The Labute approximate surface area is 199 Å². The van der Waals surface area contributed by atoms with Gasteiger partial charge in [-0.25, -0.2) is 13.8 Å². The fourth-order valence-electron chi connectivity index (χ4n) is 3.18. The van der Waals surface area contributed by atoms with E-state index in [1.165, 1.54) is 19.2 Å². The number of hydrazone groups is 1. The number of ether oxygens (including phenoxy) is 2. The molecule has 1 N–H and O–H groups in total. The molecule has 0 atom stereocenters. The number of nitrogens with zero attached hydrogens (tertiary/aromatic N) is 2. The van der Waals surface area contributed by atoms with E-state index in [9.17, 15) is 13.2 Å². The van der Waals surface area contributed by atoms with Crippen molar-refractivity contribution in [1.82, 2.24) is 5.43 Å². The minimum absolute atomic E-state index is 0.0970. The van der Waals surface area contributed by atoms with Crippen LogP contribution in [0.4, 0.5) is 5.69 Å². The molecular weight excluding hydrogens is 454 g/mol. The molecule has 0 aliphatic carbocycles. The van der Waals surface area contributed by atoms with Crippen molar-refractivity contribution in [3.05, 3.63) is 83.9 Å². The zero-order chi connectivity index (χ0) is 24.7. The molecule has 34 heavy (non-hydrogen) atoms. The SMILES string of the molecule is COc1ccc(/C(C)=N\NC(=O)CN(c2ccccc2)S(=O)(=O)c2ccc(C)cc2)cc1OC. The summed E-state index contributed by atoms with van der Waals surface area (Å²) in [6.45, 7) is 3.15. The number of anilines is 1. The van der Waals surface area contributed by atoms with E-state index < -0.39 is 22.5 Å². The number of hydrogen-bond acceptors (Lipinski definition) is 6. The van der Waals surface area contributed by atoms with Gasteiger partial charge in [0.1, 0.15) is 6.54 Å². The summed E-state index contributed by atoms with van der Waals surface area (Å²) in [5.74, 6) is 0.516. The van der Waals surface area contributed by atoms with E-state index in [-0.39, 0.29) is 4.90 Å². The Hall–Kier alpha value is -3.85. The van der Waals surface area contributed by atoms with Crippen molar-refractivity contribution < 1.29 is 22.7 Å². The normalized spacial score (nSPS) is 11.6. The van der Waals surface area contributed by atoms with Crippen LogP contribution in [-0.2, 0) is 14.8 Å². The highest BCUT2D eigenvalue weighted by Gasteiger charge is 2.27. The molecule has 0 aromatic heterocycles. The molecule has 0 saturated heterocycles. The Morgan fingerprint density at radius 1 is 0.941 bits per heavy atom. The van der Waals surface area contributed by atoms with Gasteiger partial charge in [-0.05, 0) is 56.3 Å². The van der Waals surface area contributed by atoms with E-state index in [0.29, 0.717) is 28.5 Å². The highest BCUT2D eigenvalue weighted by molar-refractivity contribution is 7.92. The molecule has 0 fully saturated rings. The summed E-state index contributed by atoms with van der Waals surface area (Å²) in [7, 11) is -0.906. The number of amides is 1. The van der Waals surface area contributed by atoms with Crippen LogP contribution < -0.4 is 19.2 Å². The van der Waals surface area contributed by atoms with Crippen LogP contribution in [0.1, 0.15) is 18.1 Å². The number of carbonyl (C=O) groups excluding carboxylic acids is 1. The highest BCUT2D eigenvalue weighted by atomic mass is 32.2. The lowest BCUT2D eigenvalue weighted by atomic mass is 10.1. The van der Waals surface area contributed by atoms with E-state index in [2.05, 4.69) is 10.5 Å². The van der Waals surface area contributed by atoms with Crippen LogP contribution in [0.3, 0.4) is 0 Å². The van der Waals surface area contributed by atoms with E-state index in [0.717, 1.165) is 9.87 Å². The minimum atomic E-state index is -3.98. The molecule has 178 valence electrons. The van der Waals surface area contributed by atoms with Gasteiger partial charge in [-0.3, -0.25) is 9.10 Å². The monoisotopic (exact) mass is 481 g/mol. The molecule has 0 unspecified atom stereocenters. The zero-order valence-electron chi connectivity index (χ0n) is 19.5. The van der Waals surface area contributed by atoms with Crippen molar-refractivity contribution >= 4 is 27.3 Å². The largest absolute Gasteiger partial charge is 0.493 e. The minimum Gasteiger partial charge on any atom is -0.493 e.